The summed E-state index contributed by atoms with van der Waals surface area (Å²) < 4.78 is 0. The fraction of sp³-hybridized carbons (Fsp3) is 0.455. The van der Waals surface area contributed by atoms with Crippen LogP contribution in [-0.4, -0.2) is 11.3 Å². The number of thioether (sulfide) groups is 1. The highest BCUT2D eigenvalue weighted by Crippen LogP contribution is 2.37. The van der Waals surface area contributed by atoms with E-state index in [0.717, 1.165) is 17.2 Å². The summed E-state index contributed by atoms with van der Waals surface area (Å²) in [6.07, 6.45) is 3.51. The zero-order chi connectivity index (χ0) is 10.0. The molecule has 1 fully saturated rings. The third-order valence-electron chi connectivity index (χ3n) is 2.56. The Hall–Kier alpha value is -0.180. The standard InChI is InChI=1S/C11H14ClNS/c12-9-2-1-3-10(8-9)14-7-6-11(13)4-5-11/h1-3,8H,4-7,13H2. The molecule has 0 heterocycles. The molecule has 0 atom stereocenters. The Kier molecular flexibility index (Phi) is 3.05. The van der Waals surface area contributed by atoms with E-state index in [4.69, 9.17) is 17.3 Å². The second kappa shape index (κ2) is 4.13. The van der Waals surface area contributed by atoms with Crippen LogP contribution in [0.25, 0.3) is 0 Å². The maximum Gasteiger partial charge on any atom is 0.0417 e. The molecular weight excluding hydrogens is 214 g/mol. The number of benzene rings is 1. The molecule has 0 amide bonds. The molecule has 0 spiro atoms. The van der Waals surface area contributed by atoms with Crippen molar-refractivity contribution < 1.29 is 0 Å². The van der Waals surface area contributed by atoms with Gasteiger partial charge in [0.1, 0.15) is 0 Å². The summed E-state index contributed by atoms with van der Waals surface area (Å²) in [6, 6.07) is 7.98. The zero-order valence-corrected chi connectivity index (χ0v) is 9.57. The van der Waals surface area contributed by atoms with Crippen LogP contribution in [-0.2, 0) is 0 Å². The van der Waals surface area contributed by atoms with Gasteiger partial charge in [-0.15, -0.1) is 11.8 Å². The van der Waals surface area contributed by atoms with E-state index in [2.05, 4.69) is 6.07 Å². The van der Waals surface area contributed by atoms with Crippen molar-refractivity contribution in [2.45, 2.75) is 29.7 Å². The molecule has 0 bridgehead atoms. The van der Waals surface area contributed by atoms with Crippen LogP contribution in [0.5, 0.6) is 0 Å². The lowest BCUT2D eigenvalue weighted by atomic mass is 10.2. The van der Waals surface area contributed by atoms with E-state index in [0.29, 0.717) is 0 Å². The van der Waals surface area contributed by atoms with Gasteiger partial charge in [-0.05, 0) is 43.2 Å². The van der Waals surface area contributed by atoms with Gasteiger partial charge in [0.15, 0.2) is 0 Å². The summed E-state index contributed by atoms with van der Waals surface area (Å²) in [4.78, 5) is 1.24. The minimum absolute atomic E-state index is 0.172. The van der Waals surface area contributed by atoms with Gasteiger partial charge >= 0.3 is 0 Å². The van der Waals surface area contributed by atoms with E-state index < -0.39 is 0 Å². The molecule has 76 valence electrons. The van der Waals surface area contributed by atoms with Gasteiger partial charge in [0.2, 0.25) is 0 Å². The fourth-order valence-electron chi connectivity index (χ4n) is 1.34. The minimum atomic E-state index is 0.172. The highest BCUT2D eigenvalue weighted by Gasteiger charge is 2.37. The SMILES string of the molecule is NC1(CCSc2cccc(Cl)c2)CC1. The first kappa shape index (κ1) is 10.3. The summed E-state index contributed by atoms with van der Waals surface area (Å²) in [5.74, 6) is 1.09. The van der Waals surface area contributed by atoms with Gasteiger partial charge in [0, 0.05) is 15.5 Å². The van der Waals surface area contributed by atoms with Crippen molar-refractivity contribution in [2.75, 3.05) is 5.75 Å². The average molecular weight is 228 g/mol. The quantitative estimate of drug-likeness (QED) is 0.799. The van der Waals surface area contributed by atoms with Gasteiger partial charge in [0.05, 0.1) is 0 Å². The molecule has 1 aliphatic rings. The van der Waals surface area contributed by atoms with Crippen LogP contribution in [0.3, 0.4) is 0 Å². The van der Waals surface area contributed by atoms with E-state index in [-0.39, 0.29) is 5.54 Å². The molecule has 14 heavy (non-hydrogen) atoms. The van der Waals surface area contributed by atoms with Gasteiger partial charge in [-0.25, -0.2) is 0 Å². The monoisotopic (exact) mass is 227 g/mol. The van der Waals surface area contributed by atoms with Crippen LogP contribution < -0.4 is 5.73 Å². The first-order chi connectivity index (χ1) is 6.68. The lowest BCUT2D eigenvalue weighted by Crippen LogP contribution is -2.21. The Balaban J connectivity index is 1.80. The van der Waals surface area contributed by atoms with Crippen LogP contribution in [0.15, 0.2) is 29.2 Å². The first-order valence-electron chi connectivity index (χ1n) is 4.85. The Morgan fingerprint density at radius 1 is 1.43 bits per heavy atom. The lowest BCUT2D eigenvalue weighted by molar-refractivity contribution is 0.656. The molecule has 0 aliphatic heterocycles. The predicted octanol–water partition coefficient (Wildman–Crippen LogP) is 3.31. The van der Waals surface area contributed by atoms with E-state index >= 15 is 0 Å². The largest absolute Gasteiger partial charge is 0.325 e. The molecule has 1 aromatic carbocycles. The summed E-state index contributed by atoms with van der Waals surface area (Å²) in [6.45, 7) is 0. The first-order valence-corrected chi connectivity index (χ1v) is 6.22. The summed E-state index contributed by atoms with van der Waals surface area (Å²) in [5.41, 5.74) is 6.17. The Morgan fingerprint density at radius 3 is 2.86 bits per heavy atom. The molecule has 1 aromatic rings. The molecule has 0 radical (unpaired) electrons. The highest BCUT2D eigenvalue weighted by atomic mass is 35.5. The lowest BCUT2D eigenvalue weighted by Gasteiger charge is -2.07. The van der Waals surface area contributed by atoms with Crippen molar-refractivity contribution >= 4 is 23.4 Å². The fourth-order valence-corrected chi connectivity index (χ4v) is 2.72. The van der Waals surface area contributed by atoms with Gasteiger partial charge in [-0.1, -0.05) is 17.7 Å². The topological polar surface area (TPSA) is 26.0 Å². The van der Waals surface area contributed by atoms with Crippen molar-refractivity contribution in [1.82, 2.24) is 0 Å². The van der Waals surface area contributed by atoms with Crippen molar-refractivity contribution in [2.24, 2.45) is 5.73 Å². The van der Waals surface area contributed by atoms with Crippen molar-refractivity contribution in [3.8, 4) is 0 Å². The molecule has 1 saturated carbocycles. The number of halogens is 1. The zero-order valence-electron chi connectivity index (χ0n) is 8.00. The summed E-state index contributed by atoms with van der Waals surface area (Å²) in [5, 5.41) is 0.809. The van der Waals surface area contributed by atoms with Crippen LogP contribution in [0.4, 0.5) is 0 Å². The van der Waals surface area contributed by atoms with Crippen LogP contribution in [0, 0.1) is 0 Å². The molecule has 2 rings (SSSR count). The van der Waals surface area contributed by atoms with Gasteiger partial charge in [-0.3, -0.25) is 0 Å². The molecule has 3 heteroatoms. The third kappa shape index (κ3) is 2.91. The normalized spacial score (nSPS) is 18.1. The average Bonchev–Trinajstić information content (AvgIpc) is 2.84. The number of nitrogens with two attached hydrogens (primary N) is 1. The number of rotatable bonds is 4. The van der Waals surface area contributed by atoms with Crippen LogP contribution in [0.2, 0.25) is 5.02 Å². The molecular formula is C11H14ClNS. The van der Waals surface area contributed by atoms with E-state index in [1.54, 1.807) is 0 Å². The Labute approximate surface area is 94.0 Å². The van der Waals surface area contributed by atoms with Gasteiger partial charge < -0.3 is 5.73 Å². The number of hydrogen-bond donors (Lipinski definition) is 1. The van der Waals surface area contributed by atoms with Gasteiger partial charge in [0.25, 0.3) is 0 Å². The summed E-state index contributed by atoms with van der Waals surface area (Å²) >= 11 is 7.73. The second-order valence-corrected chi connectivity index (χ2v) is 5.52. The highest BCUT2D eigenvalue weighted by molar-refractivity contribution is 7.99. The molecule has 1 aliphatic carbocycles. The molecule has 2 N–H and O–H groups in total. The van der Waals surface area contributed by atoms with Crippen molar-refractivity contribution in [1.29, 1.82) is 0 Å². The second-order valence-electron chi connectivity index (χ2n) is 3.92. The molecule has 0 saturated heterocycles. The van der Waals surface area contributed by atoms with E-state index in [1.807, 2.05) is 30.0 Å². The molecule has 0 unspecified atom stereocenters. The number of hydrogen-bond acceptors (Lipinski definition) is 2. The van der Waals surface area contributed by atoms with Crippen LogP contribution in [0.1, 0.15) is 19.3 Å². The van der Waals surface area contributed by atoms with Crippen molar-refractivity contribution in [3.05, 3.63) is 29.3 Å². The van der Waals surface area contributed by atoms with E-state index in [1.165, 1.54) is 17.7 Å². The predicted molar refractivity (Wildman–Crippen MR) is 62.9 cm³/mol. The maximum atomic E-state index is 6.00. The van der Waals surface area contributed by atoms with Crippen LogP contribution >= 0.6 is 23.4 Å². The maximum absolute atomic E-state index is 6.00. The minimum Gasteiger partial charge on any atom is -0.325 e. The van der Waals surface area contributed by atoms with E-state index in [9.17, 15) is 0 Å². The molecule has 1 nitrogen and oxygen atoms in total. The van der Waals surface area contributed by atoms with Gasteiger partial charge in [-0.2, -0.15) is 0 Å². The van der Waals surface area contributed by atoms with Crippen molar-refractivity contribution in [3.63, 3.8) is 0 Å². The molecule has 0 aromatic heterocycles. The third-order valence-corrected chi connectivity index (χ3v) is 3.79. The smallest absolute Gasteiger partial charge is 0.0417 e. The summed E-state index contributed by atoms with van der Waals surface area (Å²) in [7, 11) is 0. The Bertz CT molecular complexity index is 323. The Morgan fingerprint density at radius 2 is 2.21 bits per heavy atom.